The topological polar surface area (TPSA) is 185 Å². The van der Waals surface area contributed by atoms with Crippen molar-refractivity contribution >= 4 is 46.7 Å². The molecule has 0 aliphatic carbocycles. The molecule has 0 saturated carbocycles. The molecule has 1 saturated heterocycles. The first-order valence-corrected chi connectivity index (χ1v) is 18.8. The van der Waals surface area contributed by atoms with Crippen molar-refractivity contribution in [1.82, 2.24) is 24.9 Å². The number of hydrogen-bond donors (Lipinski definition) is 4. The first kappa shape index (κ1) is 37.4. The molecule has 0 bridgehead atoms. The van der Waals surface area contributed by atoms with E-state index in [1.807, 2.05) is 30.0 Å². The van der Waals surface area contributed by atoms with Crippen molar-refractivity contribution in [3.05, 3.63) is 42.5 Å². The van der Waals surface area contributed by atoms with Crippen molar-refractivity contribution in [2.45, 2.75) is 69.9 Å². The quantitative estimate of drug-likeness (QED) is 0.0565. The van der Waals surface area contributed by atoms with Gasteiger partial charge in [-0.05, 0) is 56.0 Å². The molecule has 2 aromatic rings. The Morgan fingerprint density at radius 1 is 1.13 bits per heavy atom. The molecular formula is C30H48N7O7PS. The van der Waals surface area contributed by atoms with Gasteiger partial charge in [0.15, 0.2) is 0 Å². The molecule has 3 rings (SSSR count). The Kier molecular flexibility index (Phi) is 14.9. The summed E-state index contributed by atoms with van der Waals surface area (Å²) in [5.41, 5.74) is 0. The molecule has 1 heterocycles. The van der Waals surface area contributed by atoms with Crippen LogP contribution in [0.1, 0.15) is 52.9 Å². The Balaban J connectivity index is 1.85. The van der Waals surface area contributed by atoms with Gasteiger partial charge in [0, 0.05) is 38.8 Å². The van der Waals surface area contributed by atoms with Crippen LogP contribution >= 0.6 is 7.75 Å². The van der Waals surface area contributed by atoms with Crippen LogP contribution in [0, 0.1) is 0 Å². The molecule has 2 amide bonds. The molecule has 2 atom stereocenters. The van der Waals surface area contributed by atoms with Gasteiger partial charge in [-0.25, -0.2) is 18.1 Å². The average molecular weight is 682 g/mol. The monoisotopic (exact) mass is 681 g/mol. The van der Waals surface area contributed by atoms with Crippen LogP contribution < -0.4 is 21.0 Å². The minimum atomic E-state index is -4.22. The minimum Gasteiger partial charge on any atom is -0.359 e. The van der Waals surface area contributed by atoms with Crippen molar-refractivity contribution < 1.29 is 31.6 Å². The highest BCUT2D eigenvalue weighted by Gasteiger charge is 2.33. The van der Waals surface area contributed by atoms with Gasteiger partial charge >= 0.3 is 7.75 Å². The van der Waals surface area contributed by atoms with E-state index in [2.05, 4.69) is 20.2 Å². The number of amides is 2. The second kappa shape index (κ2) is 18.3. The van der Waals surface area contributed by atoms with Gasteiger partial charge in [0.25, 0.3) is 0 Å². The van der Waals surface area contributed by atoms with Gasteiger partial charge in [0.1, 0.15) is 12.4 Å². The van der Waals surface area contributed by atoms with E-state index in [-0.39, 0.29) is 37.2 Å². The number of carbonyl (C=O) groups is 2. The van der Waals surface area contributed by atoms with E-state index in [0.717, 1.165) is 36.6 Å². The Bertz CT molecular complexity index is 1470. The summed E-state index contributed by atoms with van der Waals surface area (Å²) in [6, 6.07) is 10.4. The van der Waals surface area contributed by atoms with Crippen molar-refractivity contribution in [2.24, 2.45) is 10.9 Å². The Hall–Kier alpha value is -3.07. The molecule has 0 radical (unpaired) electrons. The predicted molar refractivity (Wildman–Crippen MR) is 178 cm³/mol. The molecule has 1 aliphatic heterocycles. The summed E-state index contributed by atoms with van der Waals surface area (Å²) in [6.45, 7) is 7.35. The zero-order valence-corrected chi connectivity index (χ0v) is 28.6. The zero-order chi connectivity index (χ0) is 33.6. The summed E-state index contributed by atoms with van der Waals surface area (Å²) < 4.78 is 53.4. The van der Waals surface area contributed by atoms with Crippen LogP contribution in [-0.4, -0.2) is 94.4 Å². The van der Waals surface area contributed by atoms with E-state index >= 15 is 0 Å². The molecule has 1 aliphatic rings. The largest absolute Gasteiger partial charge is 0.405 e. The summed E-state index contributed by atoms with van der Waals surface area (Å²) in [5.74, 6) is 4.25. The number of benzene rings is 2. The third-order valence-corrected chi connectivity index (χ3v) is 10.7. The number of sulfonamides is 1. The highest BCUT2D eigenvalue weighted by Crippen LogP contribution is 2.42. The molecule has 14 nitrogen and oxygen atoms in total. The lowest BCUT2D eigenvalue weighted by Crippen LogP contribution is -2.53. The first-order chi connectivity index (χ1) is 22.0. The molecule has 5 N–H and O–H groups in total. The van der Waals surface area contributed by atoms with Crippen LogP contribution in [0.15, 0.2) is 52.5 Å². The maximum atomic E-state index is 14.1. The van der Waals surface area contributed by atoms with E-state index in [9.17, 15) is 22.6 Å². The number of carbonyl (C=O) groups excluding carboxylic acids is 2. The van der Waals surface area contributed by atoms with Gasteiger partial charge in [-0.15, -0.1) is 0 Å². The molecule has 0 aromatic heterocycles. The van der Waals surface area contributed by atoms with Crippen LogP contribution in [-0.2, 0) is 33.2 Å². The maximum Gasteiger partial charge on any atom is 0.405 e. The third kappa shape index (κ3) is 11.3. The maximum absolute atomic E-state index is 14.1. The summed E-state index contributed by atoms with van der Waals surface area (Å²) in [5, 5.41) is 10.9. The third-order valence-electron chi connectivity index (χ3n) is 7.44. The normalized spacial score (nSPS) is 16.5. The second-order valence-electron chi connectivity index (χ2n) is 11.0. The number of rotatable bonds is 19. The molecule has 1 fully saturated rings. The number of hydrazone groups is 1. The standard InChI is InChI=1S/C30H48N7O7PS/c1-4-7-18-37(19-16-33-45(40,43-5-2)44-6-3)30(39)28(21-29(38)34-26-13-10-17-36(22-26)23-32-31)35-46(41,42)27-15-14-24-11-8-9-12-25(24)20-27/h8-9,11-12,14-15,20,23,26,28,35H,4-7,10,13,16-19,21-22,31H2,1-3H3,(H,33,40)(H,34,38)/t26-,28-/m0/s1. The van der Waals surface area contributed by atoms with Gasteiger partial charge in [-0.1, -0.05) is 43.7 Å². The summed E-state index contributed by atoms with van der Waals surface area (Å²) in [6.07, 6.45) is 4.02. The zero-order valence-electron chi connectivity index (χ0n) is 26.9. The minimum absolute atomic E-state index is 0.0236. The van der Waals surface area contributed by atoms with Gasteiger partial charge in [-0.3, -0.25) is 18.6 Å². The van der Waals surface area contributed by atoms with Crippen molar-refractivity contribution in [3.8, 4) is 0 Å². The van der Waals surface area contributed by atoms with Crippen LogP contribution in [0.3, 0.4) is 0 Å². The van der Waals surface area contributed by atoms with Gasteiger partial charge in [0.05, 0.1) is 24.5 Å². The molecule has 16 heteroatoms. The number of piperidine rings is 1. The number of fused-ring (bicyclic) bond motifs is 1. The number of nitrogens with zero attached hydrogens (tertiary/aromatic N) is 3. The Morgan fingerprint density at radius 2 is 1.85 bits per heavy atom. The van der Waals surface area contributed by atoms with Crippen LogP contribution in [0.2, 0.25) is 0 Å². The number of likely N-dealkylation sites (tertiary alicyclic amines) is 1. The van der Waals surface area contributed by atoms with Crippen LogP contribution in [0.5, 0.6) is 0 Å². The Labute approximate surface area is 272 Å². The smallest absolute Gasteiger partial charge is 0.359 e. The average Bonchev–Trinajstić information content (AvgIpc) is 3.02. The van der Waals surface area contributed by atoms with Crippen molar-refractivity contribution in [1.29, 1.82) is 0 Å². The van der Waals surface area contributed by atoms with E-state index < -0.39 is 42.0 Å². The number of nitrogens with two attached hydrogens (primary N) is 1. The SMILES string of the molecule is CCCCN(CCNP(=O)(OCC)OCC)C(=O)[C@H](CC(=O)N[C@H]1CCCN(C=NN)C1)NS(=O)(=O)c1ccc2ccccc2c1. The molecule has 2 aromatic carbocycles. The first-order valence-electron chi connectivity index (χ1n) is 15.7. The van der Waals surface area contributed by atoms with Crippen LogP contribution in [0.25, 0.3) is 10.8 Å². The Morgan fingerprint density at radius 3 is 2.52 bits per heavy atom. The number of nitrogens with one attached hydrogen (secondary N) is 3. The van der Waals surface area contributed by atoms with Gasteiger partial charge in [-0.2, -0.15) is 9.82 Å². The van der Waals surface area contributed by atoms with Crippen molar-refractivity contribution in [2.75, 3.05) is 45.9 Å². The molecule has 0 spiro atoms. The second-order valence-corrected chi connectivity index (χ2v) is 14.5. The lowest BCUT2D eigenvalue weighted by molar-refractivity contribution is -0.135. The van der Waals surface area contributed by atoms with E-state index in [1.165, 1.54) is 23.4 Å². The number of unbranched alkanes of at least 4 members (excludes halogenated alkanes) is 1. The highest BCUT2D eigenvalue weighted by molar-refractivity contribution is 7.89. The van der Waals surface area contributed by atoms with Gasteiger partial charge in [0.2, 0.25) is 21.8 Å². The predicted octanol–water partition coefficient (Wildman–Crippen LogP) is 2.76. The summed E-state index contributed by atoms with van der Waals surface area (Å²) in [7, 11) is -7.81. The summed E-state index contributed by atoms with van der Waals surface area (Å²) >= 11 is 0. The van der Waals surface area contributed by atoms with Crippen LogP contribution in [0.4, 0.5) is 0 Å². The fourth-order valence-corrected chi connectivity index (χ4v) is 7.79. The van der Waals surface area contributed by atoms with E-state index in [1.54, 1.807) is 26.0 Å². The molecular weight excluding hydrogens is 633 g/mol. The lowest BCUT2D eigenvalue weighted by atomic mass is 10.1. The molecule has 0 unspecified atom stereocenters. The fourth-order valence-electron chi connectivity index (χ4n) is 5.26. The summed E-state index contributed by atoms with van der Waals surface area (Å²) in [4.78, 5) is 30.7. The molecule has 256 valence electrons. The van der Waals surface area contributed by atoms with E-state index in [0.29, 0.717) is 19.5 Å². The van der Waals surface area contributed by atoms with Gasteiger partial charge < -0.3 is 21.0 Å². The fraction of sp³-hybridized carbons (Fsp3) is 0.567. The lowest BCUT2D eigenvalue weighted by Gasteiger charge is -2.32. The number of hydrogen-bond acceptors (Lipinski definition) is 9. The highest BCUT2D eigenvalue weighted by atomic mass is 32.2. The van der Waals surface area contributed by atoms with Crippen molar-refractivity contribution in [3.63, 3.8) is 0 Å². The molecule has 46 heavy (non-hydrogen) atoms. The van der Waals surface area contributed by atoms with E-state index in [4.69, 9.17) is 14.9 Å².